The minimum absolute atomic E-state index is 0.0504. The van der Waals surface area contributed by atoms with E-state index in [1.54, 1.807) is 23.1 Å². The van der Waals surface area contributed by atoms with Gasteiger partial charge in [0.15, 0.2) is 0 Å². The van der Waals surface area contributed by atoms with Crippen molar-refractivity contribution >= 4 is 11.8 Å². The molecule has 1 fully saturated rings. The second kappa shape index (κ2) is 8.08. The predicted octanol–water partition coefficient (Wildman–Crippen LogP) is 2.76. The normalized spacial score (nSPS) is 16.5. The van der Waals surface area contributed by atoms with Gasteiger partial charge in [0.1, 0.15) is 5.82 Å². The van der Waals surface area contributed by atoms with Gasteiger partial charge in [0.2, 0.25) is 11.8 Å². The third kappa shape index (κ3) is 4.25. The lowest BCUT2D eigenvalue weighted by Crippen LogP contribution is -2.32. The van der Waals surface area contributed by atoms with Gasteiger partial charge in [0.25, 0.3) is 0 Å². The Balaban J connectivity index is 1.73. The van der Waals surface area contributed by atoms with Gasteiger partial charge < -0.3 is 10.2 Å². The van der Waals surface area contributed by atoms with Crippen molar-refractivity contribution in [2.75, 3.05) is 6.54 Å². The number of nitrogens with zero attached hydrogens (tertiary/aromatic N) is 2. The molecule has 1 saturated heterocycles. The maximum Gasteiger partial charge on any atom is 0.227 e. The Labute approximate surface area is 152 Å². The zero-order chi connectivity index (χ0) is 18.5. The molecule has 0 bridgehead atoms. The maximum atomic E-state index is 13.8. The predicted molar refractivity (Wildman–Crippen MR) is 95.5 cm³/mol. The van der Waals surface area contributed by atoms with Gasteiger partial charge in [-0.1, -0.05) is 24.3 Å². The van der Waals surface area contributed by atoms with Gasteiger partial charge in [0.05, 0.1) is 30.4 Å². The molecule has 0 radical (unpaired) electrons. The van der Waals surface area contributed by atoms with Crippen molar-refractivity contribution in [2.24, 2.45) is 0 Å². The van der Waals surface area contributed by atoms with Crippen LogP contribution < -0.4 is 5.32 Å². The van der Waals surface area contributed by atoms with E-state index < -0.39 is 0 Å². The van der Waals surface area contributed by atoms with Crippen LogP contribution in [-0.2, 0) is 22.6 Å². The van der Waals surface area contributed by atoms with E-state index in [1.807, 2.05) is 18.2 Å². The minimum Gasteiger partial charge on any atom is -0.351 e. The molecule has 1 aromatic heterocycles. The monoisotopic (exact) mass is 355 g/mol. The summed E-state index contributed by atoms with van der Waals surface area (Å²) in [6, 6.07) is 11.9. The van der Waals surface area contributed by atoms with E-state index in [2.05, 4.69) is 10.3 Å². The fourth-order valence-electron chi connectivity index (χ4n) is 3.28. The molecular formula is C20H22FN3O2. The van der Waals surface area contributed by atoms with E-state index in [0.29, 0.717) is 18.7 Å². The molecule has 6 heteroatoms. The van der Waals surface area contributed by atoms with Crippen LogP contribution in [0.4, 0.5) is 4.39 Å². The van der Waals surface area contributed by atoms with Gasteiger partial charge in [-0.15, -0.1) is 0 Å². The first kappa shape index (κ1) is 18.0. The van der Waals surface area contributed by atoms with E-state index in [4.69, 9.17) is 0 Å². The molecule has 2 amide bonds. The largest absolute Gasteiger partial charge is 0.351 e. The van der Waals surface area contributed by atoms with Crippen molar-refractivity contribution in [1.29, 1.82) is 0 Å². The van der Waals surface area contributed by atoms with Crippen LogP contribution in [0.3, 0.4) is 0 Å². The average molecular weight is 355 g/mol. The molecule has 0 saturated carbocycles. The summed E-state index contributed by atoms with van der Waals surface area (Å²) in [5.74, 6) is -0.557. The number of nitrogens with one attached hydrogen (secondary N) is 1. The number of carbonyl (C=O) groups is 2. The molecule has 0 spiro atoms. The number of amides is 2. The molecule has 1 N–H and O–H groups in total. The first-order valence-corrected chi connectivity index (χ1v) is 8.77. The first-order chi connectivity index (χ1) is 12.5. The third-order valence-corrected chi connectivity index (χ3v) is 4.56. The third-order valence-electron chi connectivity index (χ3n) is 4.56. The number of rotatable bonds is 5. The summed E-state index contributed by atoms with van der Waals surface area (Å²) in [6.07, 6.45) is 1.78. The van der Waals surface area contributed by atoms with Gasteiger partial charge in [-0.2, -0.15) is 0 Å². The Bertz CT molecular complexity index is 809. The zero-order valence-electron chi connectivity index (χ0n) is 14.7. The van der Waals surface area contributed by atoms with Gasteiger partial charge in [-0.05, 0) is 36.6 Å². The highest BCUT2D eigenvalue weighted by Crippen LogP contribution is 2.31. The lowest BCUT2D eigenvalue weighted by molar-refractivity contribution is -0.131. The quantitative estimate of drug-likeness (QED) is 0.897. The molecule has 1 aliphatic rings. The van der Waals surface area contributed by atoms with Crippen molar-refractivity contribution in [2.45, 2.75) is 38.8 Å². The number of halogens is 1. The fraction of sp³-hybridized carbons (Fsp3) is 0.350. The van der Waals surface area contributed by atoms with Crippen molar-refractivity contribution in [3.8, 4) is 0 Å². The van der Waals surface area contributed by atoms with Gasteiger partial charge in [0, 0.05) is 13.5 Å². The Morgan fingerprint density at radius 2 is 2.04 bits per heavy atom. The van der Waals surface area contributed by atoms with E-state index in [0.717, 1.165) is 24.2 Å². The molecule has 26 heavy (non-hydrogen) atoms. The molecule has 2 heterocycles. The number of pyridine rings is 1. The standard InChI is InChI=1S/C20H22FN3O2/c1-14(25)22-13-16-7-4-9-18(23-16)19-10-5-11-24(19)20(26)12-15-6-2-3-8-17(15)21/h2-4,6-9,19H,5,10-13H2,1H3,(H,22,25)/t19-/m0/s1. The number of likely N-dealkylation sites (tertiary alicyclic amines) is 1. The highest BCUT2D eigenvalue weighted by molar-refractivity contribution is 5.79. The average Bonchev–Trinajstić information content (AvgIpc) is 3.12. The van der Waals surface area contributed by atoms with E-state index >= 15 is 0 Å². The molecule has 1 atom stereocenters. The van der Waals surface area contributed by atoms with Crippen molar-refractivity contribution in [3.05, 3.63) is 65.2 Å². The topological polar surface area (TPSA) is 62.3 Å². The van der Waals surface area contributed by atoms with Crippen LogP contribution >= 0.6 is 0 Å². The van der Waals surface area contributed by atoms with E-state index in [9.17, 15) is 14.0 Å². The van der Waals surface area contributed by atoms with Crippen molar-refractivity contribution < 1.29 is 14.0 Å². The SMILES string of the molecule is CC(=O)NCc1cccc([C@@H]2CCCN2C(=O)Cc2ccccc2F)n1. The first-order valence-electron chi connectivity index (χ1n) is 8.77. The summed E-state index contributed by atoms with van der Waals surface area (Å²) in [4.78, 5) is 30.2. The lowest BCUT2D eigenvalue weighted by atomic mass is 10.1. The van der Waals surface area contributed by atoms with E-state index in [-0.39, 0.29) is 30.1 Å². The number of benzene rings is 1. The van der Waals surface area contributed by atoms with Crippen LogP contribution in [0.15, 0.2) is 42.5 Å². The van der Waals surface area contributed by atoms with Crippen LogP contribution in [0.2, 0.25) is 0 Å². The summed E-state index contributed by atoms with van der Waals surface area (Å²) in [5.41, 5.74) is 1.98. The van der Waals surface area contributed by atoms with Crippen LogP contribution in [0.5, 0.6) is 0 Å². The van der Waals surface area contributed by atoms with Gasteiger partial charge in [-0.25, -0.2) is 4.39 Å². The minimum atomic E-state index is -0.355. The summed E-state index contributed by atoms with van der Waals surface area (Å²) in [7, 11) is 0. The number of hydrogen-bond acceptors (Lipinski definition) is 3. The van der Waals surface area contributed by atoms with Crippen LogP contribution in [0.1, 0.15) is 42.8 Å². The summed E-state index contributed by atoms with van der Waals surface area (Å²) in [6.45, 7) is 2.47. The fourth-order valence-corrected chi connectivity index (χ4v) is 3.28. The lowest BCUT2D eigenvalue weighted by Gasteiger charge is -2.25. The Morgan fingerprint density at radius 1 is 1.23 bits per heavy atom. The molecule has 136 valence electrons. The summed E-state index contributed by atoms with van der Waals surface area (Å²) >= 11 is 0. The molecule has 0 unspecified atom stereocenters. The molecule has 1 aliphatic heterocycles. The number of hydrogen-bond donors (Lipinski definition) is 1. The number of carbonyl (C=O) groups excluding carboxylic acids is 2. The molecule has 5 nitrogen and oxygen atoms in total. The maximum absolute atomic E-state index is 13.8. The molecular weight excluding hydrogens is 333 g/mol. The van der Waals surface area contributed by atoms with Gasteiger partial charge in [-0.3, -0.25) is 14.6 Å². The smallest absolute Gasteiger partial charge is 0.227 e. The van der Waals surface area contributed by atoms with Crippen LogP contribution in [-0.4, -0.2) is 28.2 Å². The van der Waals surface area contributed by atoms with Crippen LogP contribution in [0, 0.1) is 5.82 Å². The molecule has 3 rings (SSSR count). The summed E-state index contributed by atoms with van der Waals surface area (Å²) in [5, 5.41) is 2.73. The highest BCUT2D eigenvalue weighted by atomic mass is 19.1. The zero-order valence-corrected chi connectivity index (χ0v) is 14.7. The second-order valence-electron chi connectivity index (χ2n) is 6.48. The van der Waals surface area contributed by atoms with Crippen molar-refractivity contribution in [1.82, 2.24) is 15.2 Å². The Hall–Kier alpha value is -2.76. The van der Waals surface area contributed by atoms with Crippen LogP contribution in [0.25, 0.3) is 0 Å². The molecule has 2 aromatic rings. The Morgan fingerprint density at radius 3 is 2.81 bits per heavy atom. The number of aromatic nitrogens is 1. The van der Waals surface area contributed by atoms with Crippen molar-refractivity contribution in [3.63, 3.8) is 0 Å². The Kier molecular flexibility index (Phi) is 5.61. The summed E-state index contributed by atoms with van der Waals surface area (Å²) < 4.78 is 13.8. The highest BCUT2D eigenvalue weighted by Gasteiger charge is 2.31. The molecule has 0 aliphatic carbocycles. The molecule has 1 aromatic carbocycles. The van der Waals surface area contributed by atoms with E-state index in [1.165, 1.54) is 13.0 Å². The van der Waals surface area contributed by atoms with Gasteiger partial charge >= 0.3 is 0 Å². The second-order valence-corrected chi connectivity index (χ2v) is 6.48.